The van der Waals surface area contributed by atoms with Gasteiger partial charge in [-0.25, -0.2) is 4.79 Å². The number of aromatic hydroxyl groups is 1. The zero-order valence-electron chi connectivity index (χ0n) is 20.5. The number of ketones is 1. The lowest BCUT2D eigenvalue weighted by atomic mass is 9.83. The van der Waals surface area contributed by atoms with E-state index in [0.29, 0.717) is 16.9 Å². The first-order chi connectivity index (χ1) is 18.2. The Hall–Kier alpha value is -5.12. The van der Waals surface area contributed by atoms with Crippen LogP contribution in [0.2, 0.25) is 0 Å². The van der Waals surface area contributed by atoms with Crippen LogP contribution in [0.5, 0.6) is 5.75 Å². The average Bonchev–Trinajstić information content (AvgIpc) is 2.88. The van der Waals surface area contributed by atoms with Crippen molar-refractivity contribution in [1.29, 1.82) is 0 Å². The van der Waals surface area contributed by atoms with Gasteiger partial charge < -0.3 is 15.3 Å². The molecule has 0 saturated carbocycles. The fourth-order valence-electron chi connectivity index (χ4n) is 3.99. The number of azo groups is 1. The van der Waals surface area contributed by atoms with Crippen LogP contribution in [-0.2, 0) is 9.59 Å². The number of hydrogen-bond acceptors (Lipinski definition) is 8. The Balaban J connectivity index is 1.44. The van der Waals surface area contributed by atoms with Crippen molar-refractivity contribution in [2.45, 2.75) is 13.8 Å². The van der Waals surface area contributed by atoms with E-state index in [-0.39, 0.29) is 17.0 Å². The predicted molar refractivity (Wildman–Crippen MR) is 141 cm³/mol. The van der Waals surface area contributed by atoms with Crippen LogP contribution in [0.3, 0.4) is 0 Å². The third kappa shape index (κ3) is 5.49. The second-order valence-electron chi connectivity index (χ2n) is 8.76. The van der Waals surface area contributed by atoms with Crippen molar-refractivity contribution in [3.63, 3.8) is 0 Å². The second kappa shape index (κ2) is 10.9. The molecule has 0 spiro atoms. The van der Waals surface area contributed by atoms with Gasteiger partial charge in [-0.3, -0.25) is 15.0 Å². The molecular weight excluding hydrogens is 488 g/mol. The highest BCUT2D eigenvalue weighted by molar-refractivity contribution is 6.48. The van der Waals surface area contributed by atoms with Gasteiger partial charge in [0.15, 0.2) is 11.5 Å². The molecule has 2 unspecified atom stereocenters. The maximum atomic E-state index is 12.4. The number of aliphatic carboxylic acids is 1. The van der Waals surface area contributed by atoms with E-state index in [1.54, 1.807) is 50.3 Å². The zero-order chi connectivity index (χ0) is 27.4. The quantitative estimate of drug-likeness (QED) is 0.179. The molecule has 0 amide bonds. The van der Waals surface area contributed by atoms with Gasteiger partial charge in [0.25, 0.3) is 0 Å². The predicted octanol–water partition coefficient (Wildman–Crippen LogP) is 5.72. The lowest BCUT2D eigenvalue weighted by Crippen LogP contribution is -2.36. The van der Waals surface area contributed by atoms with Crippen molar-refractivity contribution in [2.24, 2.45) is 27.2 Å². The lowest BCUT2D eigenvalue weighted by molar-refractivity contribution is -0.146. The molecule has 4 rings (SSSR count). The minimum atomic E-state index is -1.24. The molecule has 0 aromatic heterocycles. The Kier molecular flexibility index (Phi) is 7.43. The molecule has 0 aliphatic heterocycles. The summed E-state index contributed by atoms with van der Waals surface area (Å²) in [6.07, 6.45) is 3.18. The first kappa shape index (κ1) is 26.0. The van der Waals surface area contributed by atoms with Gasteiger partial charge in [0, 0.05) is 0 Å². The minimum Gasteiger partial charge on any atom is -0.505 e. The third-order valence-corrected chi connectivity index (χ3v) is 6.13. The largest absolute Gasteiger partial charge is 0.505 e. The summed E-state index contributed by atoms with van der Waals surface area (Å²) >= 11 is 0. The minimum absolute atomic E-state index is 0.0575. The Morgan fingerprint density at radius 1 is 0.895 bits per heavy atom. The molecule has 1 aliphatic rings. The third-order valence-electron chi connectivity index (χ3n) is 6.13. The monoisotopic (exact) mass is 512 g/mol. The molecule has 0 fully saturated rings. The molecule has 192 valence electrons. The fourth-order valence-corrected chi connectivity index (χ4v) is 3.99. The van der Waals surface area contributed by atoms with Gasteiger partial charge in [0.2, 0.25) is 0 Å². The molecule has 10 nitrogen and oxygen atoms in total. The summed E-state index contributed by atoms with van der Waals surface area (Å²) < 4.78 is 0. The summed E-state index contributed by atoms with van der Waals surface area (Å²) in [5, 5.41) is 40.9. The van der Waals surface area contributed by atoms with Crippen LogP contribution < -0.4 is 5.43 Å². The molecule has 2 atom stereocenters. The number of carboxylic acid groups (broad SMARTS) is 2. The topological polar surface area (TPSA) is 161 Å². The Morgan fingerprint density at radius 2 is 1.53 bits per heavy atom. The zero-order valence-corrected chi connectivity index (χ0v) is 20.5. The summed E-state index contributed by atoms with van der Waals surface area (Å²) in [6.45, 7) is 3.27. The number of anilines is 1. The van der Waals surface area contributed by atoms with E-state index in [2.05, 4.69) is 20.8 Å². The van der Waals surface area contributed by atoms with Crippen LogP contribution in [-0.4, -0.2) is 38.8 Å². The molecule has 0 saturated heterocycles. The maximum Gasteiger partial charge on any atom is 0.339 e. The molecule has 3 aromatic rings. The number of nitrogens with one attached hydrogen (secondary N) is 1. The Morgan fingerprint density at radius 3 is 2.13 bits per heavy atom. The lowest BCUT2D eigenvalue weighted by Gasteiger charge is -2.20. The standard InChI is InChI=1S/C28H24N4O6/c1-15-3-13-21(25(33)23(15)27(35)36)31-29-19-9-5-17(6-10-19)18-7-11-20(12-8-18)30-32-22-14-4-16(2)24(26(22)34)28(37)38/h3-15,23,29,34H,1-2H3,(H,35,36)(H,37,38)/b31-21+,32-30?. The highest BCUT2D eigenvalue weighted by atomic mass is 16.4. The van der Waals surface area contributed by atoms with Crippen LogP contribution in [0, 0.1) is 18.8 Å². The number of phenols is 1. The average molecular weight is 513 g/mol. The molecule has 0 radical (unpaired) electrons. The van der Waals surface area contributed by atoms with Gasteiger partial charge in [-0.15, -0.1) is 5.11 Å². The van der Waals surface area contributed by atoms with E-state index in [0.717, 1.165) is 11.1 Å². The molecule has 0 bridgehead atoms. The number of aromatic carboxylic acids is 1. The van der Waals surface area contributed by atoms with E-state index < -0.39 is 35.3 Å². The molecular formula is C28H24N4O6. The van der Waals surface area contributed by atoms with Crippen LogP contribution in [0.25, 0.3) is 11.1 Å². The number of carbonyl (C=O) groups excluding carboxylic acids is 1. The smallest absolute Gasteiger partial charge is 0.339 e. The number of nitrogens with zero attached hydrogens (tertiary/aromatic N) is 3. The SMILES string of the molecule is Cc1ccc(N=Nc2ccc(-c3ccc(N/N=C4\C=CC(C)C(C(=O)O)C4=O)cc3)cc2)c(O)c1C(=O)O. The van der Waals surface area contributed by atoms with Crippen molar-refractivity contribution in [1.82, 2.24) is 0 Å². The number of Topliss-reactive ketones (excluding diaryl/α,β-unsaturated/α-hetero) is 1. The van der Waals surface area contributed by atoms with E-state index in [9.17, 15) is 29.7 Å². The number of hydrazone groups is 1. The van der Waals surface area contributed by atoms with Crippen molar-refractivity contribution in [3.05, 3.63) is 83.9 Å². The van der Waals surface area contributed by atoms with Crippen LogP contribution in [0.15, 0.2) is 88.1 Å². The highest BCUT2D eigenvalue weighted by Gasteiger charge is 2.35. The summed E-state index contributed by atoms with van der Waals surface area (Å²) in [6, 6.07) is 17.5. The second-order valence-corrected chi connectivity index (χ2v) is 8.76. The molecule has 38 heavy (non-hydrogen) atoms. The van der Waals surface area contributed by atoms with Crippen LogP contribution in [0.1, 0.15) is 22.8 Å². The van der Waals surface area contributed by atoms with Gasteiger partial charge in [-0.1, -0.05) is 43.3 Å². The van der Waals surface area contributed by atoms with E-state index in [1.807, 2.05) is 24.3 Å². The summed E-state index contributed by atoms with van der Waals surface area (Å²) in [5.41, 5.74) is 6.07. The highest BCUT2D eigenvalue weighted by Crippen LogP contribution is 2.34. The molecule has 3 aromatic carbocycles. The first-order valence-corrected chi connectivity index (χ1v) is 11.6. The Bertz CT molecular complexity index is 1490. The van der Waals surface area contributed by atoms with Gasteiger partial charge in [-0.05, 0) is 65.9 Å². The number of carboxylic acids is 2. The van der Waals surface area contributed by atoms with Crippen LogP contribution >= 0.6 is 0 Å². The van der Waals surface area contributed by atoms with Crippen LogP contribution in [0.4, 0.5) is 17.1 Å². The van der Waals surface area contributed by atoms with Crippen molar-refractivity contribution < 1.29 is 29.7 Å². The summed E-state index contributed by atoms with van der Waals surface area (Å²) in [7, 11) is 0. The number of carbonyl (C=O) groups is 3. The van der Waals surface area contributed by atoms with E-state index in [1.165, 1.54) is 12.1 Å². The van der Waals surface area contributed by atoms with Crippen molar-refractivity contribution in [2.75, 3.05) is 5.43 Å². The van der Waals surface area contributed by atoms with Gasteiger partial charge in [-0.2, -0.15) is 10.2 Å². The van der Waals surface area contributed by atoms with Gasteiger partial charge in [0.1, 0.15) is 22.9 Å². The first-order valence-electron chi connectivity index (χ1n) is 11.6. The normalized spacial score (nSPS) is 18.2. The van der Waals surface area contributed by atoms with Gasteiger partial charge in [0.05, 0.1) is 11.4 Å². The van der Waals surface area contributed by atoms with Crippen molar-refractivity contribution >= 4 is 40.5 Å². The maximum absolute atomic E-state index is 12.4. The fraction of sp³-hybridized carbons (Fsp3) is 0.143. The van der Waals surface area contributed by atoms with Crippen molar-refractivity contribution in [3.8, 4) is 16.9 Å². The number of aryl methyl sites for hydroxylation is 1. The molecule has 1 aliphatic carbocycles. The number of allylic oxidation sites excluding steroid dienone is 2. The molecule has 0 heterocycles. The number of hydrogen-bond donors (Lipinski definition) is 4. The summed E-state index contributed by atoms with van der Waals surface area (Å²) in [4.78, 5) is 35.1. The molecule has 10 heteroatoms. The Labute approximate surface area is 217 Å². The molecule has 4 N–H and O–H groups in total. The summed E-state index contributed by atoms with van der Waals surface area (Å²) in [5.74, 6) is -4.92. The number of benzene rings is 3. The van der Waals surface area contributed by atoms with E-state index in [4.69, 9.17) is 0 Å². The van der Waals surface area contributed by atoms with E-state index >= 15 is 0 Å². The number of rotatable bonds is 7. The van der Waals surface area contributed by atoms with Gasteiger partial charge >= 0.3 is 11.9 Å².